The van der Waals surface area contributed by atoms with Gasteiger partial charge in [0.1, 0.15) is 6.04 Å². The number of thioether (sulfide) groups is 1. The van der Waals surface area contributed by atoms with Gasteiger partial charge in [0.2, 0.25) is 5.91 Å². The van der Waals surface area contributed by atoms with E-state index in [1.807, 2.05) is 0 Å². The van der Waals surface area contributed by atoms with Gasteiger partial charge >= 0.3 is 5.97 Å². The number of nitrogens with two attached hydrogens (primary N) is 1. The number of amides is 1. The molecule has 0 bridgehead atoms. The first-order valence-electron chi connectivity index (χ1n) is 4.14. The summed E-state index contributed by atoms with van der Waals surface area (Å²) in [6.45, 7) is 3.42. The largest absolute Gasteiger partial charge is 0.480 e. The van der Waals surface area contributed by atoms with Crippen LogP contribution >= 0.6 is 11.8 Å². The molecule has 0 saturated heterocycles. The third-order valence-electron chi connectivity index (χ3n) is 1.87. The Morgan fingerprint density at radius 1 is 1.57 bits per heavy atom. The molecule has 0 aliphatic carbocycles. The summed E-state index contributed by atoms with van der Waals surface area (Å²) in [5, 5.41) is 11.2. The molecular formula is C8H16N2O3S. The van der Waals surface area contributed by atoms with Crippen LogP contribution in [0.3, 0.4) is 0 Å². The van der Waals surface area contributed by atoms with E-state index in [2.05, 4.69) is 5.32 Å². The highest BCUT2D eigenvalue weighted by Crippen LogP contribution is 2.26. The molecule has 1 amide bonds. The molecule has 0 aromatic heterocycles. The van der Waals surface area contributed by atoms with Crippen molar-refractivity contribution in [2.24, 2.45) is 5.73 Å². The van der Waals surface area contributed by atoms with Crippen molar-refractivity contribution >= 4 is 23.6 Å². The molecule has 0 fully saturated rings. The summed E-state index contributed by atoms with van der Waals surface area (Å²) in [4.78, 5) is 21.6. The first kappa shape index (κ1) is 13.2. The quantitative estimate of drug-likeness (QED) is 0.589. The van der Waals surface area contributed by atoms with Crippen LogP contribution in [0.25, 0.3) is 0 Å². The van der Waals surface area contributed by atoms with E-state index in [1.165, 1.54) is 18.8 Å². The standard InChI is InChI=1S/C8H16N2O3S/c1-8(2,6(9)7(12)13)14-4-5(11)10-3/h6H,4,9H2,1-3H3,(H,10,11)(H,12,13)/t6-/m0/s1. The molecule has 0 aliphatic heterocycles. The minimum atomic E-state index is -1.06. The highest BCUT2D eigenvalue weighted by molar-refractivity contribution is 8.01. The second-order valence-electron chi connectivity index (χ2n) is 3.38. The molecular weight excluding hydrogens is 204 g/mol. The number of hydrogen-bond donors (Lipinski definition) is 3. The first-order valence-corrected chi connectivity index (χ1v) is 5.12. The molecule has 0 aliphatic rings. The number of carboxylic acid groups (broad SMARTS) is 1. The number of hydrogen-bond acceptors (Lipinski definition) is 4. The summed E-state index contributed by atoms with van der Waals surface area (Å²) in [5.74, 6) is -0.982. The predicted molar refractivity (Wildman–Crippen MR) is 56.2 cm³/mol. The molecule has 0 heterocycles. The van der Waals surface area contributed by atoms with Crippen molar-refractivity contribution in [3.63, 3.8) is 0 Å². The smallest absolute Gasteiger partial charge is 0.321 e. The van der Waals surface area contributed by atoms with Gasteiger partial charge in [-0.2, -0.15) is 0 Å². The van der Waals surface area contributed by atoms with Crippen LogP contribution in [0.5, 0.6) is 0 Å². The Balaban J connectivity index is 4.19. The number of carbonyl (C=O) groups is 2. The first-order chi connectivity index (χ1) is 6.31. The van der Waals surface area contributed by atoms with E-state index in [-0.39, 0.29) is 11.7 Å². The second kappa shape index (κ2) is 5.21. The highest BCUT2D eigenvalue weighted by atomic mass is 32.2. The molecule has 5 nitrogen and oxygen atoms in total. The fraction of sp³-hybridized carbons (Fsp3) is 0.750. The number of nitrogens with one attached hydrogen (secondary N) is 1. The Labute approximate surface area is 87.4 Å². The van der Waals surface area contributed by atoms with Crippen molar-refractivity contribution < 1.29 is 14.7 Å². The van der Waals surface area contributed by atoms with Crippen LogP contribution < -0.4 is 11.1 Å². The van der Waals surface area contributed by atoms with Crippen molar-refractivity contribution in [1.29, 1.82) is 0 Å². The van der Waals surface area contributed by atoms with Crippen molar-refractivity contribution in [3.8, 4) is 0 Å². The van der Waals surface area contributed by atoms with Gasteiger partial charge in [0.15, 0.2) is 0 Å². The van der Waals surface area contributed by atoms with Gasteiger partial charge in [-0.25, -0.2) is 0 Å². The maximum atomic E-state index is 10.9. The average molecular weight is 220 g/mol. The van der Waals surface area contributed by atoms with Crippen molar-refractivity contribution in [2.45, 2.75) is 24.6 Å². The van der Waals surface area contributed by atoms with Crippen molar-refractivity contribution in [3.05, 3.63) is 0 Å². The number of rotatable bonds is 5. The maximum absolute atomic E-state index is 10.9. The molecule has 1 atom stereocenters. The Kier molecular flexibility index (Phi) is 4.93. The average Bonchev–Trinajstić information content (AvgIpc) is 2.12. The third kappa shape index (κ3) is 3.97. The van der Waals surface area contributed by atoms with Crippen molar-refractivity contribution in [1.82, 2.24) is 5.32 Å². The Morgan fingerprint density at radius 3 is 2.43 bits per heavy atom. The van der Waals surface area contributed by atoms with Crippen LogP contribution in [-0.4, -0.2) is 40.6 Å². The van der Waals surface area contributed by atoms with E-state index in [0.717, 1.165) is 0 Å². The van der Waals surface area contributed by atoms with Crippen LogP contribution in [0, 0.1) is 0 Å². The lowest BCUT2D eigenvalue weighted by Crippen LogP contribution is -2.47. The van der Waals surface area contributed by atoms with Gasteiger partial charge in [0.05, 0.1) is 5.75 Å². The SMILES string of the molecule is CNC(=O)CSC(C)(C)[C@@H](N)C(=O)O. The molecule has 82 valence electrons. The van der Waals surface area contributed by atoms with E-state index in [9.17, 15) is 9.59 Å². The molecule has 0 rings (SSSR count). The van der Waals surface area contributed by atoms with Gasteiger partial charge in [-0.3, -0.25) is 9.59 Å². The van der Waals surface area contributed by atoms with E-state index in [0.29, 0.717) is 0 Å². The molecule has 6 heteroatoms. The molecule has 4 N–H and O–H groups in total. The van der Waals surface area contributed by atoms with Gasteiger partial charge < -0.3 is 16.2 Å². The number of carbonyl (C=O) groups excluding carboxylic acids is 1. The lowest BCUT2D eigenvalue weighted by molar-refractivity contribution is -0.139. The third-order valence-corrected chi connectivity index (χ3v) is 3.27. The molecule has 0 radical (unpaired) electrons. The fourth-order valence-electron chi connectivity index (χ4n) is 0.711. The second-order valence-corrected chi connectivity index (χ2v) is 5.01. The van der Waals surface area contributed by atoms with Gasteiger partial charge in [-0.15, -0.1) is 11.8 Å². The molecule has 0 spiro atoms. The summed E-state index contributed by atoms with van der Waals surface area (Å²) < 4.78 is -0.654. The summed E-state index contributed by atoms with van der Waals surface area (Å²) >= 11 is 1.23. The number of carboxylic acids is 1. The van der Waals surface area contributed by atoms with Gasteiger partial charge in [-0.05, 0) is 13.8 Å². The summed E-state index contributed by atoms with van der Waals surface area (Å²) in [7, 11) is 1.53. The monoisotopic (exact) mass is 220 g/mol. The van der Waals surface area contributed by atoms with E-state index < -0.39 is 16.8 Å². The van der Waals surface area contributed by atoms with Crippen LogP contribution in [0.4, 0.5) is 0 Å². The Morgan fingerprint density at radius 2 is 2.07 bits per heavy atom. The zero-order chi connectivity index (χ0) is 11.4. The van der Waals surface area contributed by atoms with Crippen LogP contribution in [-0.2, 0) is 9.59 Å². The minimum absolute atomic E-state index is 0.138. The van der Waals surface area contributed by atoms with Gasteiger partial charge in [-0.1, -0.05) is 0 Å². The number of aliphatic carboxylic acids is 1. The van der Waals surface area contributed by atoms with Crippen LogP contribution in [0.2, 0.25) is 0 Å². The zero-order valence-electron chi connectivity index (χ0n) is 8.53. The van der Waals surface area contributed by atoms with E-state index in [4.69, 9.17) is 10.8 Å². The topological polar surface area (TPSA) is 92.4 Å². The molecule has 0 aromatic rings. The highest BCUT2D eigenvalue weighted by Gasteiger charge is 2.32. The molecule has 14 heavy (non-hydrogen) atoms. The molecule has 0 unspecified atom stereocenters. The summed E-state index contributed by atoms with van der Waals surface area (Å²) in [6, 6.07) is -0.975. The van der Waals surface area contributed by atoms with E-state index >= 15 is 0 Å². The summed E-state index contributed by atoms with van der Waals surface area (Å²) in [6.07, 6.45) is 0. The predicted octanol–water partition coefficient (Wildman–Crippen LogP) is -0.344. The van der Waals surface area contributed by atoms with Gasteiger partial charge in [0, 0.05) is 11.8 Å². The zero-order valence-corrected chi connectivity index (χ0v) is 9.35. The van der Waals surface area contributed by atoms with Crippen LogP contribution in [0.1, 0.15) is 13.8 Å². The molecule has 0 saturated carbocycles. The Hall–Kier alpha value is -0.750. The van der Waals surface area contributed by atoms with Crippen LogP contribution in [0.15, 0.2) is 0 Å². The lowest BCUT2D eigenvalue weighted by Gasteiger charge is -2.27. The Bertz CT molecular complexity index is 231. The van der Waals surface area contributed by atoms with E-state index in [1.54, 1.807) is 13.8 Å². The normalized spacial score (nSPS) is 13.4. The molecule has 0 aromatic carbocycles. The lowest BCUT2D eigenvalue weighted by atomic mass is 10.1. The maximum Gasteiger partial charge on any atom is 0.321 e. The summed E-state index contributed by atoms with van der Waals surface area (Å²) in [5.41, 5.74) is 5.47. The minimum Gasteiger partial charge on any atom is -0.480 e. The fourth-order valence-corrected chi connectivity index (χ4v) is 1.64. The van der Waals surface area contributed by atoms with Gasteiger partial charge in [0.25, 0.3) is 0 Å². The van der Waals surface area contributed by atoms with Crippen molar-refractivity contribution in [2.75, 3.05) is 12.8 Å².